The van der Waals surface area contributed by atoms with Gasteiger partial charge in [0.1, 0.15) is 6.04 Å². The van der Waals surface area contributed by atoms with Crippen LogP contribution in [0.15, 0.2) is 48.5 Å². The van der Waals surface area contributed by atoms with Gasteiger partial charge in [-0.15, -0.1) is 11.8 Å². The lowest BCUT2D eigenvalue weighted by Crippen LogP contribution is -2.50. The Kier molecular flexibility index (Phi) is 10.4. The quantitative estimate of drug-likeness (QED) is 0.484. The Morgan fingerprint density at radius 1 is 1.13 bits per heavy atom. The van der Waals surface area contributed by atoms with Gasteiger partial charge in [0.2, 0.25) is 11.8 Å². The molecule has 1 N–H and O–H groups in total. The van der Waals surface area contributed by atoms with Crippen molar-refractivity contribution in [3.63, 3.8) is 0 Å². The van der Waals surface area contributed by atoms with Gasteiger partial charge in [0.05, 0.1) is 5.75 Å². The molecule has 0 aliphatic rings. The lowest BCUT2D eigenvalue weighted by Gasteiger charge is -2.31. The van der Waals surface area contributed by atoms with Crippen molar-refractivity contribution < 1.29 is 9.59 Å². The van der Waals surface area contributed by atoms with Gasteiger partial charge in [-0.2, -0.15) is 0 Å². The fourth-order valence-electron chi connectivity index (χ4n) is 3.30. The maximum absolute atomic E-state index is 13.2. The first-order chi connectivity index (χ1) is 14.8. The second kappa shape index (κ2) is 12.8. The number of hydrogen-bond donors (Lipinski definition) is 1. The van der Waals surface area contributed by atoms with Crippen LogP contribution in [-0.2, 0) is 21.9 Å². The van der Waals surface area contributed by atoms with Crippen LogP contribution in [0.4, 0.5) is 0 Å². The molecule has 0 aliphatic heterocycles. The summed E-state index contributed by atoms with van der Waals surface area (Å²) in [6, 6.07) is 15.3. The molecule has 2 aromatic carbocycles. The molecule has 0 bridgehead atoms. The van der Waals surface area contributed by atoms with E-state index in [2.05, 4.69) is 25.2 Å². The van der Waals surface area contributed by atoms with Gasteiger partial charge in [-0.1, -0.05) is 80.4 Å². The molecule has 4 nitrogen and oxygen atoms in total. The third-order valence-corrected chi connectivity index (χ3v) is 6.28. The number of thioether (sulfide) groups is 1. The SMILES string of the molecule is CCC(C(=O)NCC(C)C)N(Cc1cccc(C)c1)C(=O)CSCc1ccccc1Cl. The zero-order chi connectivity index (χ0) is 22.8. The van der Waals surface area contributed by atoms with Crippen LogP contribution < -0.4 is 5.32 Å². The molecule has 2 aromatic rings. The number of hydrogen-bond acceptors (Lipinski definition) is 3. The molecule has 0 saturated carbocycles. The van der Waals surface area contributed by atoms with E-state index < -0.39 is 6.04 Å². The second-order valence-electron chi connectivity index (χ2n) is 8.16. The van der Waals surface area contributed by atoms with Crippen LogP contribution in [-0.4, -0.2) is 35.1 Å². The molecule has 0 aliphatic carbocycles. The predicted octanol–water partition coefficient (Wildman–Crippen LogP) is 5.46. The number of carbonyl (C=O) groups excluding carboxylic acids is 2. The Hall–Kier alpha value is -1.98. The zero-order valence-electron chi connectivity index (χ0n) is 18.9. The highest BCUT2D eigenvalue weighted by Gasteiger charge is 2.28. The van der Waals surface area contributed by atoms with E-state index in [0.717, 1.165) is 16.7 Å². The van der Waals surface area contributed by atoms with Crippen molar-refractivity contribution in [3.8, 4) is 0 Å². The third-order valence-electron chi connectivity index (χ3n) is 4.95. The summed E-state index contributed by atoms with van der Waals surface area (Å²) >= 11 is 7.76. The van der Waals surface area contributed by atoms with E-state index >= 15 is 0 Å². The summed E-state index contributed by atoms with van der Waals surface area (Å²) in [6.45, 7) is 9.11. The Morgan fingerprint density at radius 2 is 1.87 bits per heavy atom. The van der Waals surface area contributed by atoms with Gasteiger partial charge in [0.25, 0.3) is 0 Å². The van der Waals surface area contributed by atoms with Crippen molar-refractivity contribution in [2.75, 3.05) is 12.3 Å². The van der Waals surface area contributed by atoms with Gasteiger partial charge in [-0.25, -0.2) is 0 Å². The molecule has 2 amide bonds. The summed E-state index contributed by atoms with van der Waals surface area (Å²) in [7, 11) is 0. The standard InChI is InChI=1S/C25H33ClN2O2S/c1-5-23(25(30)27-14-18(2)3)28(15-20-10-8-9-19(4)13-20)24(29)17-31-16-21-11-6-7-12-22(21)26/h6-13,18,23H,5,14-17H2,1-4H3,(H,27,30). The summed E-state index contributed by atoms with van der Waals surface area (Å²) in [5, 5.41) is 3.70. The largest absolute Gasteiger partial charge is 0.354 e. The smallest absolute Gasteiger partial charge is 0.242 e. The van der Waals surface area contributed by atoms with Crippen LogP contribution in [0.3, 0.4) is 0 Å². The molecular weight excluding hydrogens is 428 g/mol. The van der Waals surface area contributed by atoms with E-state index in [0.29, 0.717) is 42.0 Å². The molecule has 0 radical (unpaired) electrons. The fraction of sp³-hybridized carbons (Fsp3) is 0.440. The van der Waals surface area contributed by atoms with Gasteiger partial charge in [0, 0.05) is 23.9 Å². The van der Waals surface area contributed by atoms with Crippen molar-refractivity contribution >= 4 is 35.2 Å². The minimum absolute atomic E-state index is 0.0369. The maximum Gasteiger partial charge on any atom is 0.242 e. The highest BCUT2D eigenvalue weighted by Crippen LogP contribution is 2.22. The van der Waals surface area contributed by atoms with Crippen LogP contribution in [0, 0.1) is 12.8 Å². The average molecular weight is 461 g/mol. The maximum atomic E-state index is 13.2. The zero-order valence-corrected chi connectivity index (χ0v) is 20.4. The average Bonchev–Trinajstić information content (AvgIpc) is 2.73. The second-order valence-corrected chi connectivity index (χ2v) is 9.55. The summed E-state index contributed by atoms with van der Waals surface area (Å²) in [5.74, 6) is 1.18. The molecule has 6 heteroatoms. The number of carbonyl (C=O) groups is 2. The van der Waals surface area contributed by atoms with Gasteiger partial charge >= 0.3 is 0 Å². The van der Waals surface area contributed by atoms with Crippen LogP contribution in [0.5, 0.6) is 0 Å². The topological polar surface area (TPSA) is 49.4 Å². The van der Waals surface area contributed by atoms with Crippen molar-refractivity contribution in [2.45, 2.75) is 52.5 Å². The van der Waals surface area contributed by atoms with Crippen molar-refractivity contribution in [1.29, 1.82) is 0 Å². The number of aryl methyl sites for hydroxylation is 1. The molecule has 0 saturated heterocycles. The van der Waals surface area contributed by atoms with Crippen molar-refractivity contribution in [2.24, 2.45) is 5.92 Å². The number of nitrogens with zero attached hydrogens (tertiary/aromatic N) is 1. The highest BCUT2D eigenvalue weighted by molar-refractivity contribution is 7.99. The molecule has 31 heavy (non-hydrogen) atoms. The molecule has 1 unspecified atom stereocenters. The van der Waals surface area contributed by atoms with Gasteiger partial charge in [-0.3, -0.25) is 9.59 Å². The Bertz CT molecular complexity index is 872. The summed E-state index contributed by atoms with van der Waals surface area (Å²) in [5.41, 5.74) is 3.17. The molecule has 0 fully saturated rings. The normalized spacial score (nSPS) is 11.9. The molecule has 0 aromatic heterocycles. The lowest BCUT2D eigenvalue weighted by atomic mass is 10.1. The first kappa shape index (κ1) is 25.3. The summed E-state index contributed by atoms with van der Waals surface area (Å²) < 4.78 is 0. The third kappa shape index (κ3) is 8.23. The predicted molar refractivity (Wildman–Crippen MR) is 131 cm³/mol. The van der Waals surface area contributed by atoms with Crippen molar-refractivity contribution in [1.82, 2.24) is 10.2 Å². The lowest BCUT2D eigenvalue weighted by molar-refractivity contribution is -0.139. The minimum Gasteiger partial charge on any atom is -0.354 e. The van der Waals surface area contributed by atoms with Crippen LogP contribution in [0.1, 0.15) is 43.9 Å². The van der Waals surface area contributed by atoms with Gasteiger partial charge < -0.3 is 10.2 Å². The van der Waals surface area contributed by atoms with Crippen LogP contribution >= 0.6 is 23.4 Å². The van der Waals surface area contributed by atoms with E-state index in [-0.39, 0.29) is 11.8 Å². The fourth-order valence-corrected chi connectivity index (χ4v) is 4.49. The van der Waals surface area contributed by atoms with Crippen LogP contribution in [0.25, 0.3) is 0 Å². The van der Waals surface area contributed by atoms with E-state index in [1.807, 2.05) is 56.3 Å². The van der Waals surface area contributed by atoms with E-state index in [9.17, 15) is 9.59 Å². The minimum atomic E-state index is -0.493. The first-order valence-electron chi connectivity index (χ1n) is 10.8. The molecule has 0 spiro atoms. The number of benzene rings is 2. The van der Waals surface area contributed by atoms with Crippen LogP contribution in [0.2, 0.25) is 5.02 Å². The van der Waals surface area contributed by atoms with E-state index in [1.54, 1.807) is 4.90 Å². The van der Waals surface area contributed by atoms with Crippen molar-refractivity contribution in [3.05, 3.63) is 70.2 Å². The van der Waals surface area contributed by atoms with E-state index in [1.165, 1.54) is 11.8 Å². The number of rotatable bonds is 11. The van der Waals surface area contributed by atoms with Gasteiger partial charge in [-0.05, 0) is 36.5 Å². The highest BCUT2D eigenvalue weighted by atomic mass is 35.5. The number of nitrogens with one attached hydrogen (secondary N) is 1. The monoisotopic (exact) mass is 460 g/mol. The molecular formula is C25H33ClN2O2S. The first-order valence-corrected chi connectivity index (χ1v) is 12.3. The van der Waals surface area contributed by atoms with Gasteiger partial charge in [0.15, 0.2) is 0 Å². The summed E-state index contributed by atoms with van der Waals surface area (Å²) in [4.78, 5) is 27.9. The Morgan fingerprint density at radius 3 is 2.52 bits per heavy atom. The number of amides is 2. The molecule has 1 atom stereocenters. The molecule has 168 valence electrons. The molecule has 0 heterocycles. The molecule has 2 rings (SSSR count). The number of halogens is 1. The summed E-state index contributed by atoms with van der Waals surface area (Å²) in [6.07, 6.45) is 0.566. The Balaban J connectivity index is 2.13. The van der Waals surface area contributed by atoms with E-state index in [4.69, 9.17) is 11.6 Å². The Labute approximate surface area is 195 Å².